The summed E-state index contributed by atoms with van der Waals surface area (Å²) in [7, 11) is 1.61. The maximum atomic E-state index is 10.4. The number of hydrogen-bond donors (Lipinski definition) is 1. The highest BCUT2D eigenvalue weighted by Crippen LogP contribution is 1.94. The molecular formula is C9H18O5. The standard InChI is InChI=1S/C9H18O5/c1-8(9(10)11)7-14-6-5-13-4-3-12-2/h8H,3-7H2,1-2H3,(H,10,11)/t8-/m0/s1. The molecule has 5 nitrogen and oxygen atoms in total. The number of aliphatic carboxylic acids is 1. The Balaban J connectivity index is 3.09. The molecule has 0 spiro atoms. The van der Waals surface area contributed by atoms with Crippen molar-refractivity contribution in [1.82, 2.24) is 0 Å². The van der Waals surface area contributed by atoms with Crippen molar-refractivity contribution in [3.63, 3.8) is 0 Å². The summed E-state index contributed by atoms with van der Waals surface area (Å²) < 4.78 is 15.0. The van der Waals surface area contributed by atoms with Gasteiger partial charge in [0, 0.05) is 7.11 Å². The summed E-state index contributed by atoms with van der Waals surface area (Å²) in [5, 5.41) is 8.53. The summed E-state index contributed by atoms with van der Waals surface area (Å²) in [4.78, 5) is 10.4. The van der Waals surface area contributed by atoms with Gasteiger partial charge in [0.05, 0.1) is 39.0 Å². The van der Waals surface area contributed by atoms with Crippen molar-refractivity contribution in [2.45, 2.75) is 6.92 Å². The van der Waals surface area contributed by atoms with Gasteiger partial charge in [0.15, 0.2) is 0 Å². The second-order valence-corrected chi connectivity index (χ2v) is 2.92. The van der Waals surface area contributed by atoms with Gasteiger partial charge in [-0.15, -0.1) is 0 Å². The Morgan fingerprint density at radius 2 is 1.79 bits per heavy atom. The van der Waals surface area contributed by atoms with Crippen LogP contribution in [0, 0.1) is 5.92 Å². The van der Waals surface area contributed by atoms with E-state index in [1.54, 1.807) is 14.0 Å². The number of carboxylic acid groups (broad SMARTS) is 1. The van der Waals surface area contributed by atoms with E-state index in [0.29, 0.717) is 26.4 Å². The number of carboxylic acids is 1. The van der Waals surface area contributed by atoms with Gasteiger partial charge in [0.2, 0.25) is 0 Å². The summed E-state index contributed by atoms with van der Waals surface area (Å²) in [6.45, 7) is 3.81. The SMILES string of the molecule is COCCOCCOC[C@H](C)C(=O)O. The largest absolute Gasteiger partial charge is 0.481 e. The van der Waals surface area contributed by atoms with Crippen molar-refractivity contribution in [3.8, 4) is 0 Å². The minimum absolute atomic E-state index is 0.225. The smallest absolute Gasteiger partial charge is 0.308 e. The number of ether oxygens (including phenoxy) is 3. The van der Waals surface area contributed by atoms with Crippen molar-refractivity contribution >= 4 is 5.97 Å². The predicted molar refractivity (Wildman–Crippen MR) is 50.3 cm³/mol. The molecule has 1 atom stereocenters. The zero-order chi connectivity index (χ0) is 10.8. The highest BCUT2D eigenvalue weighted by molar-refractivity contribution is 5.69. The van der Waals surface area contributed by atoms with Crippen LogP contribution in [0.1, 0.15) is 6.92 Å². The fourth-order valence-corrected chi connectivity index (χ4v) is 0.694. The van der Waals surface area contributed by atoms with Gasteiger partial charge in [-0.2, -0.15) is 0 Å². The Morgan fingerprint density at radius 1 is 1.21 bits per heavy atom. The number of hydrogen-bond acceptors (Lipinski definition) is 4. The second-order valence-electron chi connectivity index (χ2n) is 2.92. The van der Waals surface area contributed by atoms with Gasteiger partial charge in [-0.1, -0.05) is 0 Å². The average molecular weight is 206 g/mol. The zero-order valence-corrected chi connectivity index (χ0v) is 8.69. The lowest BCUT2D eigenvalue weighted by Crippen LogP contribution is -2.18. The van der Waals surface area contributed by atoms with Gasteiger partial charge in [-0.3, -0.25) is 4.79 Å². The number of methoxy groups -OCH3 is 1. The first kappa shape index (κ1) is 13.4. The first-order valence-corrected chi connectivity index (χ1v) is 4.55. The summed E-state index contributed by atoms with van der Waals surface area (Å²) in [6, 6.07) is 0. The van der Waals surface area contributed by atoms with Crippen LogP contribution < -0.4 is 0 Å². The highest BCUT2D eigenvalue weighted by Gasteiger charge is 2.09. The van der Waals surface area contributed by atoms with Crippen LogP contribution in [0.5, 0.6) is 0 Å². The highest BCUT2D eigenvalue weighted by atomic mass is 16.5. The Bertz CT molecular complexity index is 148. The number of carbonyl (C=O) groups is 1. The van der Waals surface area contributed by atoms with E-state index in [1.807, 2.05) is 0 Å². The van der Waals surface area contributed by atoms with E-state index in [-0.39, 0.29) is 6.61 Å². The molecule has 84 valence electrons. The molecule has 0 aromatic carbocycles. The van der Waals surface area contributed by atoms with Gasteiger partial charge >= 0.3 is 5.97 Å². The lowest BCUT2D eigenvalue weighted by molar-refractivity contribution is -0.143. The monoisotopic (exact) mass is 206 g/mol. The quantitative estimate of drug-likeness (QED) is 0.553. The molecule has 0 rings (SSSR count). The first-order valence-electron chi connectivity index (χ1n) is 4.55. The fraction of sp³-hybridized carbons (Fsp3) is 0.889. The van der Waals surface area contributed by atoms with E-state index in [2.05, 4.69) is 0 Å². The maximum absolute atomic E-state index is 10.4. The third-order valence-corrected chi connectivity index (χ3v) is 1.59. The molecule has 0 heterocycles. The molecule has 5 heteroatoms. The third-order valence-electron chi connectivity index (χ3n) is 1.59. The van der Waals surface area contributed by atoms with Crippen LogP contribution in [0.4, 0.5) is 0 Å². The van der Waals surface area contributed by atoms with Crippen molar-refractivity contribution in [2.75, 3.05) is 40.1 Å². The molecule has 0 unspecified atom stereocenters. The molecule has 0 fully saturated rings. The second kappa shape index (κ2) is 8.93. The molecule has 0 amide bonds. The van der Waals surface area contributed by atoms with Crippen LogP contribution >= 0.6 is 0 Å². The van der Waals surface area contributed by atoms with Gasteiger partial charge < -0.3 is 19.3 Å². The van der Waals surface area contributed by atoms with Crippen LogP contribution in [0.15, 0.2) is 0 Å². The van der Waals surface area contributed by atoms with Crippen molar-refractivity contribution in [3.05, 3.63) is 0 Å². The van der Waals surface area contributed by atoms with Crippen LogP contribution in [0.3, 0.4) is 0 Å². The molecular weight excluding hydrogens is 188 g/mol. The molecule has 0 saturated heterocycles. The van der Waals surface area contributed by atoms with Crippen LogP contribution in [-0.2, 0) is 19.0 Å². The Morgan fingerprint density at radius 3 is 2.36 bits per heavy atom. The van der Waals surface area contributed by atoms with E-state index in [4.69, 9.17) is 19.3 Å². The average Bonchev–Trinajstić information content (AvgIpc) is 2.16. The van der Waals surface area contributed by atoms with E-state index in [1.165, 1.54) is 0 Å². The molecule has 0 aliphatic rings. The molecule has 1 N–H and O–H groups in total. The molecule has 0 aliphatic heterocycles. The van der Waals surface area contributed by atoms with Crippen molar-refractivity contribution in [1.29, 1.82) is 0 Å². The molecule has 0 bridgehead atoms. The molecule has 0 aromatic rings. The Hall–Kier alpha value is -0.650. The molecule has 0 radical (unpaired) electrons. The molecule has 14 heavy (non-hydrogen) atoms. The lowest BCUT2D eigenvalue weighted by atomic mass is 10.2. The van der Waals surface area contributed by atoms with E-state index in [0.717, 1.165) is 0 Å². The Kier molecular flexibility index (Phi) is 8.51. The zero-order valence-electron chi connectivity index (χ0n) is 8.69. The summed E-state index contributed by atoms with van der Waals surface area (Å²) in [5.74, 6) is -1.31. The van der Waals surface area contributed by atoms with Crippen molar-refractivity contribution < 1.29 is 24.1 Å². The van der Waals surface area contributed by atoms with Crippen LogP contribution in [0.2, 0.25) is 0 Å². The Labute approximate surface area is 84.0 Å². The lowest BCUT2D eigenvalue weighted by Gasteiger charge is -2.07. The van der Waals surface area contributed by atoms with E-state index < -0.39 is 11.9 Å². The summed E-state index contributed by atoms with van der Waals surface area (Å²) in [5.41, 5.74) is 0. The normalized spacial score (nSPS) is 12.7. The topological polar surface area (TPSA) is 65.0 Å². The van der Waals surface area contributed by atoms with Crippen molar-refractivity contribution in [2.24, 2.45) is 5.92 Å². The van der Waals surface area contributed by atoms with Crippen LogP contribution in [0.25, 0.3) is 0 Å². The van der Waals surface area contributed by atoms with Gasteiger partial charge in [-0.25, -0.2) is 0 Å². The number of rotatable bonds is 9. The minimum Gasteiger partial charge on any atom is -0.481 e. The molecule has 0 saturated carbocycles. The maximum Gasteiger partial charge on any atom is 0.308 e. The van der Waals surface area contributed by atoms with Gasteiger partial charge in [0.1, 0.15) is 0 Å². The van der Waals surface area contributed by atoms with Gasteiger partial charge in [-0.05, 0) is 6.92 Å². The minimum atomic E-state index is -0.842. The van der Waals surface area contributed by atoms with E-state index in [9.17, 15) is 4.79 Å². The van der Waals surface area contributed by atoms with Crippen LogP contribution in [-0.4, -0.2) is 51.2 Å². The summed E-state index contributed by atoms with van der Waals surface area (Å²) >= 11 is 0. The van der Waals surface area contributed by atoms with Gasteiger partial charge in [0.25, 0.3) is 0 Å². The first-order chi connectivity index (χ1) is 6.68. The fourth-order valence-electron chi connectivity index (χ4n) is 0.694. The predicted octanol–water partition coefficient (Wildman–Crippen LogP) is 0.387. The third kappa shape index (κ3) is 7.97. The molecule has 0 aromatic heterocycles. The van der Waals surface area contributed by atoms with E-state index >= 15 is 0 Å². The summed E-state index contributed by atoms with van der Waals surface area (Å²) in [6.07, 6.45) is 0. The molecule has 0 aliphatic carbocycles.